The van der Waals surface area contributed by atoms with Crippen LogP contribution in [0, 0.1) is 0 Å². The largest absolute Gasteiger partial charge is 0.248 e. The van der Waals surface area contributed by atoms with Crippen molar-refractivity contribution in [3.8, 4) is 11.4 Å². The molecule has 0 saturated carbocycles. The number of aromatic amines is 1. The molecule has 1 N–H and O–H groups in total. The van der Waals surface area contributed by atoms with Crippen molar-refractivity contribution in [1.82, 2.24) is 35.4 Å². The summed E-state index contributed by atoms with van der Waals surface area (Å²) in [5.41, 5.74) is 4.64. The number of nitrogens with zero attached hydrogens (tertiary/aromatic N) is 6. The van der Waals surface area contributed by atoms with Gasteiger partial charge in [-0.05, 0) is 34.4 Å². The van der Waals surface area contributed by atoms with Crippen LogP contribution in [0.3, 0.4) is 0 Å². The molecule has 4 rings (SSSR count). The van der Waals surface area contributed by atoms with Crippen LogP contribution in [0.25, 0.3) is 11.4 Å². The summed E-state index contributed by atoms with van der Waals surface area (Å²) in [5, 5.41) is 18.7. The topological polar surface area (TPSA) is 85.2 Å². The second-order valence-corrected chi connectivity index (χ2v) is 6.88. The third-order valence-electron chi connectivity index (χ3n) is 4.38. The zero-order chi connectivity index (χ0) is 18.6. The van der Waals surface area contributed by atoms with Gasteiger partial charge in [-0.3, -0.25) is 0 Å². The molecule has 0 spiro atoms. The van der Waals surface area contributed by atoms with Gasteiger partial charge >= 0.3 is 0 Å². The predicted molar refractivity (Wildman–Crippen MR) is 102 cm³/mol. The molecule has 136 valence electrons. The Kier molecular flexibility index (Phi) is 4.74. The first-order valence-electron chi connectivity index (χ1n) is 8.97. The lowest BCUT2D eigenvalue weighted by Gasteiger charge is -2.06. The molecule has 0 unspecified atom stereocenters. The van der Waals surface area contributed by atoms with Crippen LogP contribution < -0.4 is 0 Å². The molecule has 0 aliphatic heterocycles. The molecule has 0 radical (unpaired) electrons. The average molecular weight is 359 g/mol. The maximum atomic E-state index is 4.52. The maximum absolute atomic E-state index is 4.52. The summed E-state index contributed by atoms with van der Waals surface area (Å²) in [4.78, 5) is 4.35. The van der Waals surface area contributed by atoms with Gasteiger partial charge in [0, 0.05) is 11.5 Å². The molecule has 0 saturated heterocycles. The predicted octanol–water partition coefficient (Wildman–Crippen LogP) is 3.22. The molecule has 0 aliphatic carbocycles. The molecule has 4 aromatic rings. The first kappa shape index (κ1) is 17.1. The minimum atomic E-state index is 0.344. The molecule has 0 fully saturated rings. The van der Waals surface area contributed by atoms with Crippen molar-refractivity contribution in [1.29, 1.82) is 0 Å². The summed E-state index contributed by atoms with van der Waals surface area (Å²) in [6, 6.07) is 16.8. The first-order chi connectivity index (χ1) is 13.2. The first-order valence-corrected chi connectivity index (χ1v) is 8.97. The van der Waals surface area contributed by atoms with Gasteiger partial charge in [-0.15, -0.1) is 10.2 Å². The van der Waals surface area contributed by atoms with Crippen LogP contribution in [-0.4, -0.2) is 35.4 Å². The zero-order valence-corrected chi connectivity index (χ0v) is 15.4. The summed E-state index contributed by atoms with van der Waals surface area (Å²) in [7, 11) is 0. The van der Waals surface area contributed by atoms with E-state index in [0.717, 1.165) is 24.4 Å². The Morgan fingerprint density at radius 3 is 2.52 bits per heavy atom. The van der Waals surface area contributed by atoms with Gasteiger partial charge in [-0.2, -0.15) is 10.3 Å². The molecule has 0 atom stereocenters. The van der Waals surface area contributed by atoms with Gasteiger partial charge < -0.3 is 0 Å². The number of hydrogen-bond acceptors (Lipinski definition) is 5. The number of tetrazole rings is 1. The molecular weight excluding hydrogens is 338 g/mol. The number of nitrogens with one attached hydrogen (secondary N) is 1. The van der Waals surface area contributed by atoms with Crippen molar-refractivity contribution in [2.24, 2.45) is 0 Å². The van der Waals surface area contributed by atoms with Crippen molar-refractivity contribution in [3.05, 3.63) is 77.4 Å². The summed E-state index contributed by atoms with van der Waals surface area (Å²) in [6.45, 7) is 4.93. The highest BCUT2D eigenvalue weighted by Crippen LogP contribution is 2.18. The van der Waals surface area contributed by atoms with Crippen molar-refractivity contribution < 1.29 is 0 Å². The van der Waals surface area contributed by atoms with Crippen LogP contribution in [0.15, 0.2) is 54.9 Å². The summed E-state index contributed by atoms with van der Waals surface area (Å²) >= 11 is 0. The number of hydrogen-bond donors (Lipinski definition) is 1. The molecule has 0 bridgehead atoms. The summed E-state index contributed by atoms with van der Waals surface area (Å²) in [5.74, 6) is 1.84. The Morgan fingerprint density at radius 1 is 1.00 bits per heavy atom. The Morgan fingerprint density at radius 2 is 1.81 bits per heavy atom. The van der Waals surface area contributed by atoms with Crippen LogP contribution in [0.5, 0.6) is 0 Å². The maximum Gasteiger partial charge on any atom is 0.204 e. The van der Waals surface area contributed by atoms with E-state index >= 15 is 0 Å². The molecule has 2 aromatic carbocycles. The van der Waals surface area contributed by atoms with Gasteiger partial charge in [0.15, 0.2) is 5.82 Å². The van der Waals surface area contributed by atoms with E-state index in [4.69, 9.17) is 0 Å². The van der Waals surface area contributed by atoms with E-state index in [0.29, 0.717) is 11.7 Å². The molecule has 7 nitrogen and oxygen atoms in total. The van der Waals surface area contributed by atoms with Gasteiger partial charge in [0.25, 0.3) is 0 Å². The van der Waals surface area contributed by atoms with Gasteiger partial charge in [0.2, 0.25) is 5.82 Å². The number of benzene rings is 2. The van der Waals surface area contributed by atoms with Crippen molar-refractivity contribution in [2.45, 2.75) is 32.7 Å². The molecule has 0 aliphatic rings. The van der Waals surface area contributed by atoms with Gasteiger partial charge in [0.05, 0.1) is 6.54 Å². The fourth-order valence-corrected chi connectivity index (χ4v) is 2.94. The second kappa shape index (κ2) is 7.49. The average Bonchev–Trinajstić information content (AvgIpc) is 3.36. The monoisotopic (exact) mass is 359 g/mol. The van der Waals surface area contributed by atoms with Crippen LogP contribution in [0.2, 0.25) is 0 Å². The number of rotatable bonds is 6. The standard InChI is InChI=1S/C20H21N7/c1-14(2)19-21-13-27(24-19)12-16-8-6-15(7-9-16)10-17-4-3-5-18(11-17)20-22-25-26-23-20/h3-9,11,13-14H,10,12H2,1-2H3,(H,22,23,25,26). The molecule has 2 aromatic heterocycles. The Bertz CT molecular complexity index is 1000. The molecule has 7 heteroatoms. The van der Waals surface area contributed by atoms with Gasteiger partial charge in [-0.25, -0.2) is 9.67 Å². The van der Waals surface area contributed by atoms with E-state index in [1.807, 2.05) is 16.8 Å². The Hall–Kier alpha value is -3.35. The number of H-pyrrole nitrogens is 1. The summed E-state index contributed by atoms with van der Waals surface area (Å²) in [6.07, 6.45) is 2.65. The third-order valence-corrected chi connectivity index (χ3v) is 4.38. The van der Waals surface area contributed by atoms with E-state index in [1.54, 1.807) is 6.33 Å². The lowest BCUT2D eigenvalue weighted by atomic mass is 10.0. The van der Waals surface area contributed by atoms with Crippen molar-refractivity contribution in [3.63, 3.8) is 0 Å². The molecule has 0 amide bonds. The molecule has 2 heterocycles. The van der Waals surface area contributed by atoms with Crippen molar-refractivity contribution >= 4 is 0 Å². The van der Waals surface area contributed by atoms with Crippen LogP contribution in [0.1, 0.15) is 42.3 Å². The number of aromatic nitrogens is 7. The van der Waals surface area contributed by atoms with E-state index in [-0.39, 0.29) is 0 Å². The van der Waals surface area contributed by atoms with E-state index < -0.39 is 0 Å². The Balaban J connectivity index is 1.44. The van der Waals surface area contributed by atoms with Gasteiger partial charge in [-0.1, -0.05) is 56.3 Å². The Labute approximate surface area is 157 Å². The fraction of sp³-hybridized carbons (Fsp3) is 0.250. The normalized spacial score (nSPS) is 11.2. The zero-order valence-electron chi connectivity index (χ0n) is 15.4. The highest BCUT2D eigenvalue weighted by molar-refractivity contribution is 5.55. The van der Waals surface area contributed by atoms with Crippen LogP contribution in [0.4, 0.5) is 0 Å². The smallest absolute Gasteiger partial charge is 0.204 e. The van der Waals surface area contributed by atoms with Crippen LogP contribution >= 0.6 is 0 Å². The minimum absolute atomic E-state index is 0.344. The van der Waals surface area contributed by atoms with E-state index in [9.17, 15) is 0 Å². The molecular formula is C20H21N7. The lowest BCUT2D eigenvalue weighted by molar-refractivity contribution is 0.656. The fourth-order valence-electron chi connectivity index (χ4n) is 2.94. The summed E-state index contributed by atoms with van der Waals surface area (Å²) < 4.78 is 1.89. The van der Waals surface area contributed by atoms with E-state index in [2.05, 4.69) is 81.0 Å². The highest BCUT2D eigenvalue weighted by Gasteiger charge is 2.07. The van der Waals surface area contributed by atoms with Gasteiger partial charge in [0.1, 0.15) is 6.33 Å². The highest BCUT2D eigenvalue weighted by atomic mass is 15.5. The second-order valence-electron chi connectivity index (χ2n) is 6.88. The molecule has 27 heavy (non-hydrogen) atoms. The minimum Gasteiger partial charge on any atom is -0.248 e. The lowest BCUT2D eigenvalue weighted by Crippen LogP contribution is -2.02. The third kappa shape index (κ3) is 4.08. The van der Waals surface area contributed by atoms with E-state index in [1.165, 1.54) is 16.7 Å². The SMILES string of the molecule is CC(C)c1ncn(Cc2ccc(Cc3cccc(-c4nn[nH]n4)c3)cc2)n1. The quantitative estimate of drug-likeness (QED) is 0.571. The van der Waals surface area contributed by atoms with Crippen molar-refractivity contribution in [2.75, 3.05) is 0 Å². The van der Waals surface area contributed by atoms with Crippen LogP contribution in [-0.2, 0) is 13.0 Å².